The van der Waals surface area contributed by atoms with Gasteiger partial charge in [-0.15, -0.1) is 0 Å². The fourth-order valence-electron chi connectivity index (χ4n) is 3.60. The van der Waals surface area contributed by atoms with Crippen LogP contribution in [0.2, 0.25) is 0 Å². The van der Waals surface area contributed by atoms with Crippen molar-refractivity contribution in [1.29, 1.82) is 0 Å². The molecule has 0 amide bonds. The van der Waals surface area contributed by atoms with Gasteiger partial charge in [0.1, 0.15) is 42.4 Å². The van der Waals surface area contributed by atoms with Gasteiger partial charge in [-0.2, -0.15) is 0 Å². The second kappa shape index (κ2) is 11.7. The highest BCUT2D eigenvalue weighted by molar-refractivity contribution is 5.86. The molecule has 5 N–H and O–H groups in total. The van der Waals surface area contributed by atoms with Crippen LogP contribution in [0, 0.1) is 0 Å². The highest BCUT2D eigenvalue weighted by atomic mass is 16.7. The number of rotatable bonds is 9. The van der Waals surface area contributed by atoms with Crippen molar-refractivity contribution in [3.63, 3.8) is 0 Å². The quantitative estimate of drug-likeness (QED) is 0.258. The molecule has 0 saturated carbocycles. The van der Waals surface area contributed by atoms with Gasteiger partial charge in [-0.3, -0.25) is 0 Å². The van der Waals surface area contributed by atoms with Gasteiger partial charge in [0.2, 0.25) is 12.0 Å². The molecule has 1 aromatic heterocycles. The Hall–Kier alpha value is -2.89. The monoisotopic (exact) mass is 492 g/mol. The molecule has 0 spiro atoms. The third kappa shape index (κ3) is 6.41. The van der Waals surface area contributed by atoms with Crippen LogP contribution in [-0.4, -0.2) is 69.5 Å². The number of benzene rings is 1. The Kier molecular flexibility index (Phi) is 8.92. The highest BCUT2D eigenvalue weighted by Gasteiger charge is 2.45. The molecule has 192 valence electrons. The van der Waals surface area contributed by atoms with Gasteiger partial charge in [0.05, 0.1) is 12.0 Å². The van der Waals surface area contributed by atoms with Crippen molar-refractivity contribution in [1.82, 2.24) is 0 Å². The third-order valence-corrected chi connectivity index (χ3v) is 5.66. The van der Waals surface area contributed by atoms with Gasteiger partial charge in [-0.05, 0) is 51.8 Å². The topological polar surface area (TPSA) is 159 Å². The van der Waals surface area contributed by atoms with Crippen LogP contribution in [0.25, 0.3) is 11.0 Å². The van der Waals surface area contributed by atoms with Crippen LogP contribution in [0.15, 0.2) is 50.7 Å². The number of aliphatic hydroxyl groups is 4. The molecule has 1 aliphatic rings. The maximum absolute atomic E-state index is 12.2. The lowest BCUT2D eigenvalue weighted by Gasteiger charge is -2.39. The van der Waals surface area contributed by atoms with E-state index >= 15 is 0 Å². The van der Waals surface area contributed by atoms with Crippen molar-refractivity contribution in [2.24, 2.45) is 0 Å². The average Bonchev–Trinajstić information content (AvgIpc) is 2.81. The SMILES string of the molecule is CC(C)=CCCC(C)=CCOc1ccc2c(O[C@@H]3O[C@H](CO)[C@H](O)[C@H](O)[C@H]3O)c(O)c(=O)oc2c1. The molecule has 2 aromatic rings. The summed E-state index contributed by atoms with van der Waals surface area (Å²) in [6.45, 7) is 5.79. The van der Waals surface area contributed by atoms with Crippen LogP contribution >= 0.6 is 0 Å². The summed E-state index contributed by atoms with van der Waals surface area (Å²) in [6, 6.07) is 4.55. The van der Waals surface area contributed by atoms with Crippen molar-refractivity contribution in [2.75, 3.05) is 13.2 Å². The van der Waals surface area contributed by atoms with Crippen molar-refractivity contribution in [2.45, 2.75) is 64.3 Å². The molecule has 35 heavy (non-hydrogen) atoms. The lowest BCUT2D eigenvalue weighted by Crippen LogP contribution is -2.60. The first-order valence-corrected chi connectivity index (χ1v) is 11.3. The van der Waals surface area contributed by atoms with Crippen LogP contribution in [0.4, 0.5) is 0 Å². The first-order valence-electron chi connectivity index (χ1n) is 11.3. The number of allylic oxidation sites excluding steroid dienone is 3. The molecule has 1 aliphatic heterocycles. The zero-order chi connectivity index (χ0) is 25.7. The third-order valence-electron chi connectivity index (χ3n) is 5.66. The minimum Gasteiger partial charge on any atom is -0.499 e. The molecule has 10 heteroatoms. The summed E-state index contributed by atoms with van der Waals surface area (Å²) in [5.74, 6) is -0.793. The second-order valence-corrected chi connectivity index (χ2v) is 8.72. The minimum atomic E-state index is -1.72. The summed E-state index contributed by atoms with van der Waals surface area (Å²) < 4.78 is 21.7. The molecule has 0 radical (unpaired) electrons. The van der Waals surface area contributed by atoms with Gasteiger partial charge in [-0.1, -0.05) is 17.2 Å². The molecule has 1 saturated heterocycles. The van der Waals surface area contributed by atoms with Crippen LogP contribution in [0.1, 0.15) is 33.6 Å². The van der Waals surface area contributed by atoms with Crippen molar-refractivity contribution in [3.8, 4) is 17.2 Å². The van der Waals surface area contributed by atoms with E-state index in [-0.39, 0.29) is 16.7 Å². The van der Waals surface area contributed by atoms with Gasteiger partial charge in [0.25, 0.3) is 0 Å². The predicted octanol–water partition coefficient (Wildman–Crippen LogP) is 1.75. The lowest BCUT2D eigenvalue weighted by molar-refractivity contribution is -0.277. The van der Waals surface area contributed by atoms with Gasteiger partial charge < -0.3 is 44.2 Å². The molecular formula is C25H32O10. The molecule has 5 atom stereocenters. The average molecular weight is 493 g/mol. The highest BCUT2D eigenvalue weighted by Crippen LogP contribution is 2.36. The number of fused-ring (bicyclic) bond motifs is 1. The molecule has 1 fully saturated rings. The predicted molar refractivity (Wildman–Crippen MR) is 126 cm³/mol. The van der Waals surface area contributed by atoms with Crippen LogP contribution < -0.4 is 15.1 Å². The van der Waals surface area contributed by atoms with Gasteiger partial charge >= 0.3 is 5.63 Å². The molecule has 1 aromatic carbocycles. The van der Waals surface area contributed by atoms with E-state index in [1.807, 2.05) is 13.0 Å². The smallest absolute Gasteiger partial charge is 0.382 e. The number of ether oxygens (including phenoxy) is 3. The normalized spacial score (nSPS) is 24.9. The Morgan fingerprint density at radius 2 is 1.83 bits per heavy atom. The van der Waals surface area contributed by atoms with E-state index in [1.54, 1.807) is 6.07 Å². The fraction of sp³-hybridized carbons (Fsp3) is 0.480. The Morgan fingerprint density at radius 3 is 2.51 bits per heavy atom. The van der Waals surface area contributed by atoms with E-state index in [1.165, 1.54) is 23.3 Å². The van der Waals surface area contributed by atoms with E-state index in [0.29, 0.717) is 12.4 Å². The Morgan fingerprint density at radius 1 is 1.09 bits per heavy atom. The van der Waals surface area contributed by atoms with Crippen LogP contribution in [-0.2, 0) is 4.74 Å². The van der Waals surface area contributed by atoms with E-state index in [4.69, 9.17) is 18.6 Å². The first-order chi connectivity index (χ1) is 16.6. The molecule has 3 rings (SSSR count). The number of hydrogen-bond donors (Lipinski definition) is 5. The van der Waals surface area contributed by atoms with Gasteiger partial charge in [0.15, 0.2) is 5.75 Å². The summed E-state index contributed by atoms with van der Waals surface area (Å²) in [7, 11) is 0. The van der Waals surface area contributed by atoms with Crippen molar-refractivity contribution >= 4 is 11.0 Å². The summed E-state index contributed by atoms with van der Waals surface area (Å²) in [5, 5.41) is 49.9. The van der Waals surface area contributed by atoms with Gasteiger partial charge in [0, 0.05) is 6.07 Å². The molecule has 0 unspecified atom stereocenters. The summed E-state index contributed by atoms with van der Waals surface area (Å²) >= 11 is 0. The molecule has 2 heterocycles. The Bertz CT molecular complexity index is 1130. The summed E-state index contributed by atoms with van der Waals surface area (Å²) in [6.07, 6.45) is -1.78. The standard InChI is InChI=1S/C25H32O10/c1-13(2)5-4-6-14(3)9-10-32-15-7-8-16-17(11-15)33-24(31)22(30)23(16)35-25-21(29)20(28)19(27)18(12-26)34-25/h5,7-9,11,18-21,25-30H,4,6,10,12H2,1-3H3/t18-,19+,20+,21-,25+/m1/s1. The lowest BCUT2D eigenvalue weighted by atomic mass is 9.99. The van der Waals surface area contributed by atoms with Crippen molar-refractivity contribution in [3.05, 3.63) is 51.9 Å². The van der Waals surface area contributed by atoms with E-state index in [2.05, 4.69) is 19.9 Å². The fourth-order valence-corrected chi connectivity index (χ4v) is 3.60. The second-order valence-electron chi connectivity index (χ2n) is 8.72. The van der Waals surface area contributed by atoms with E-state index < -0.39 is 48.7 Å². The number of hydrogen-bond acceptors (Lipinski definition) is 10. The van der Waals surface area contributed by atoms with Crippen LogP contribution in [0.3, 0.4) is 0 Å². The maximum Gasteiger partial charge on any atom is 0.382 e. The first kappa shape index (κ1) is 26.7. The van der Waals surface area contributed by atoms with E-state index in [0.717, 1.165) is 12.8 Å². The summed E-state index contributed by atoms with van der Waals surface area (Å²) in [5.41, 5.74) is 1.40. The molecule has 0 bridgehead atoms. The number of aliphatic hydroxyl groups excluding tert-OH is 4. The van der Waals surface area contributed by atoms with Crippen LogP contribution in [0.5, 0.6) is 17.2 Å². The molecule has 10 nitrogen and oxygen atoms in total. The molecule has 0 aliphatic carbocycles. The summed E-state index contributed by atoms with van der Waals surface area (Å²) in [4.78, 5) is 12.2. The van der Waals surface area contributed by atoms with Gasteiger partial charge in [-0.25, -0.2) is 4.79 Å². The zero-order valence-electron chi connectivity index (χ0n) is 19.9. The number of aromatic hydroxyl groups is 1. The molecular weight excluding hydrogens is 460 g/mol. The largest absolute Gasteiger partial charge is 0.499 e. The maximum atomic E-state index is 12.2. The minimum absolute atomic E-state index is 0.0501. The Labute approximate surface area is 202 Å². The van der Waals surface area contributed by atoms with E-state index in [9.17, 15) is 30.3 Å². The zero-order valence-corrected chi connectivity index (χ0v) is 19.9. The van der Waals surface area contributed by atoms with Crippen molar-refractivity contribution < 1.29 is 44.2 Å². The Balaban J connectivity index is 1.79.